The van der Waals surface area contributed by atoms with Crippen molar-refractivity contribution in [3.63, 3.8) is 0 Å². The van der Waals surface area contributed by atoms with Gasteiger partial charge in [-0.2, -0.15) is 0 Å². The number of nitrogens with zero attached hydrogens (tertiary/aromatic N) is 4. The van der Waals surface area contributed by atoms with E-state index in [4.69, 9.17) is 0 Å². The molecule has 4 rings (SSSR count). The van der Waals surface area contributed by atoms with E-state index in [0.717, 1.165) is 54.8 Å². The number of benzene rings is 1. The second-order valence-corrected chi connectivity index (χ2v) is 6.61. The molecule has 1 fully saturated rings. The van der Waals surface area contributed by atoms with Crippen LogP contribution < -0.4 is 0 Å². The molecule has 1 aromatic carbocycles. The van der Waals surface area contributed by atoms with Crippen LogP contribution in [0.2, 0.25) is 0 Å². The number of aromatic nitrogens is 3. The fraction of sp³-hybridized carbons (Fsp3) is 0.350. The van der Waals surface area contributed by atoms with Gasteiger partial charge in [-0.3, -0.25) is 9.78 Å². The van der Waals surface area contributed by atoms with Gasteiger partial charge in [-0.1, -0.05) is 12.1 Å². The molecule has 0 unspecified atom stereocenters. The standard InChI is InChI=1S/C20H22N4O/c1-15-7-8-17-16(5-2-9-21-17)19(15)20-22-10-14-24(20)13-4-12-23-11-3-6-18(23)25/h2,5,7-10,14H,3-4,6,11-13H2,1H3. The lowest BCUT2D eigenvalue weighted by Crippen LogP contribution is -2.26. The van der Waals surface area contributed by atoms with Gasteiger partial charge in [-0.25, -0.2) is 4.98 Å². The maximum atomic E-state index is 11.7. The van der Waals surface area contributed by atoms with Crippen molar-refractivity contribution in [1.82, 2.24) is 19.4 Å². The average Bonchev–Trinajstić information content (AvgIpc) is 3.24. The normalized spacial score (nSPS) is 14.6. The van der Waals surface area contributed by atoms with Crippen LogP contribution in [0.15, 0.2) is 42.9 Å². The summed E-state index contributed by atoms with van der Waals surface area (Å²) in [5.74, 6) is 1.27. The number of pyridine rings is 1. The van der Waals surface area contributed by atoms with Gasteiger partial charge in [0.2, 0.25) is 5.91 Å². The van der Waals surface area contributed by atoms with E-state index >= 15 is 0 Å². The molecule has 1 saturated heterocycles. The maximum Gasteiger partial charge on any atom is 0.222 e. The number of aryl methyl sites for hydroxylation is 2. The van der Waals surface area contributed by atoms with Crippen LogP contribution in [0.1, 0.15) is 24.8 Å². The molecular weight excluding hydrogens is 312 g/mol. The molecule has 0 saturated carbocycles. The minimum atomic E-state index is 0.293. The fourth-order valence-electron chi connectivity index (χ4n) is 3.65. The summed E-state index contributed by atoms with van der Waals surface area (Å²) in [5.41, 5.74) is 3.33. The summed E-state index contributed by atoms with van der Waals surface area (Å²) in [6, 6.07) is 8.23. The zero-order valence-electron chi connectivity index (χ0n) is 14.5. The van der Waals surface area contributed by atoms with Gasteiger partial charge in [0.1, 0.15) is 5.82 Å². The number of amides is 1. The topological polar surface area (TPSA) is 51.0 Å². The summed E-state index contributed by atoms with van der Waals surface area (Å²) in [4.78, 5) is 22.8. The SMILES string of the molecule is Cc1ccc2ncccc2c1-c1nccn1CCCN1CCCC1=O. The number of likely N-dealkylation sites (tertiary alicyclic amines) is 1. The Morgan fingerprint density at radius 3 is 2.88 bits per heavy atom. The Morgan fingerprint density at radius 1 is 1.12 bits per heavy atom. The van der Waals surface area contributed by atoms with Crippen molar-refractivity contribution >= 4 is 16.8 Å². The molecule has 0 atom stereocenters. The highest BCUT2D eigenvalue weighted by atomic mass is 16.2. The summed E-state index contributed by atoms with van der Waals surface area (Å²) < 4.78 is 2.19. The van der Waals surface area contributed by atoms with E-state index in [0.29, 0.717) is 12.3 Å². The number of hydrogen-bond donors (Lipinski definition) is 0. The van der Waals surface area contributed by atoms with Crippen LogP contribution in [0.4, 0.5) is 0 Å². The number of rotatable bonds is 5. The molecule has 0 aliphatic carbocycles. The number of carbonyl (C=O) groups is 1. The van der Waals surface area contributed by atoms with Crippen molar-refractivity contribution in [1.29, 1.82) is 0 Å². The van der Waals surface area contributed by atoms with Gasteiger partial charge in [0.15, 0.2) is 0 Å². The monoisotopic (exact) mass is 334 g/mol. The number of imidazole rings is 1. The number of hydrogen-bond acceptors (Lipinski definition) is 3. The summed E-state index contributed by atoms with van der Waals surface area (Å²) in [7, 11) is 0. The summed E-state index contributed by atoms with van der Waals surface area (Å²) in [6.07, 6.45) is 8.34. The lowest BCUT2D eigenvalue weighted by Gasteiger charge is -2.16. The van der Waals surface area contributed by atoms with Crippen molar-refractivity contribution in [3.8, 4) is 11.4 Å². The highest BCUT2D eigenvalue weighted by molar-refractivity contribution is 5.94. The maximum absolute atomic E-state index is 11.7. The van der Waals surface area contributed by atoms with Gasteiger partial charge < -0.3 is 9.47 Å². The quantitative estimate of drug-likeness (QED) is 0.718. The summed E-state index contributed by atoms with van der Waals surface area (Å²) in [6.45, 7) is 4.70. The van der Waals surface area contributed by atoms with Crippen molar-refractivity contribution < 1.29 is 4.79 Å². The van der Waals surface area contributed by atoms with Crippen LogP contribution in [0, 0.1) is 6.92 Å². The molecule has 128 valence electrons. The molecular formula is C20H22N4O. The molecule has 0 N–H and O–H groups in total. The molecule has 1 amide bonds. The van der Waals surface area contributed by atoms with Crippen LogP contribution in [-0.4, -0.2) is 38.4 Å². The van der Waals surface area contributed by atoms with E-state index in [2.05, 4.69) is 39.7 Å². The lowest BCUT2D eigenvalue weighted by molar-refractivity contribution is -0.127. The largest absolute Gasteiger partial charge is 0.343 e. The predicted molar refractivity (Wildman–Crippen MR) is 98.1 cm³/mol. The Hall–Kier alpha value is -2.69. The number of fused-ring (bicyclic) bond motifs is 1. The van der Waals surface area contributed by atoms with Gasteiger partial charge in [-0.15, -0.1) is 0 Å². The fourth-order valence-corrected chi connectivity index (χ4v) is 3.65. The van der Waals surface area contributed by atoms with Gasteiger partial charge in [0.25, 0.3) is 0 Å². The van der Waals surface area contributed by atoms with Gasteiger partial charge in [0, 0.05) is 55.6 Å². The van der Waals surface area contributed by atoms with Crippen LogP contribution in [0.25, 0.3) is 22.3 Å². The molecule has 0 spiro atoms. The number of carbonyl (C=O) groups excluding carboxylic acids is 1. The summed E-state index contributed by atoms with van der Waals surface area (Å²) in [5, 5.41) is 1.13. The van der Waals surface area contributed by atoms with E-state index in [1.165, 1.54) is 5.56 Å². The van der Waals surface area contributed by atoms with Crippen molar-refractivity contribution in [2.45, 2.75) is 32.7 Å². The smallest absolute Gasteiger partial charge is 0.222 e. The first-order chi connectivity index (χ1) is 12.2. The molecule has 3 heterocycles. The first-order valence-electron chi connectivity index (χ1n) is 8.87. The van der Waals surface area contributed by atoms with Crippen LogP contribution >= 0.6 is 0 Å². The molecule has 1 aliphatic rings. The first-order valence-corrected chi connectivity index (χ1v) is 8.87. The highest BCUT2D eigenvalue weighted by Crippen LogP contribution is 2.30. The predicted octanol–water partition coefficient (Wildman–Crippen LogP) is 3.42. The molecule has 25 heavy (non-hydrogen) atoms. The van der Waals surface area contributed by atoms with E-state index < -0.39 is 0 Å². The Labute approximate surface area is 147 Å². The molecule has 5 heteroatoms. The molecule has 0 radical (unpaired) electrons. The van der Waals surface area contributed by atoms with Crippen LogP contribution in [0.5, 0.6) is 0 Å². The molecule has 1 aliphatic heterocycles. The molecule has 5 nitrogen and oxygen atoms in total. The molecule has 3 aromatic rings. The zero-order chi connectivity index (χ0) is 17.2. The lowest BCUT2D eigenvalue weighted by atomic mass is 10.0. The van der Waals surface area contributed by atoms with Gasteiger partial charge in [-0.05, 0) is 37.5 Å². The summed E-state index contributed by atoms with van der Waals surface area (Å²) >= 11 is 0. The molecule has 2 aromatic heterocycles. The van der Waals surface area contributed by atoms with Gasteiger partial charge in [0.05, 0.1) is 5.52 Å². The van der Waals surface area contributed by atoms with Gasteiger partial charge >= 0.3 is 0 Å². The minimum absolute atomic E-state index is 0.293. The zero-order valence-corrected chi connectivity index (χ0v) is 14.5. The third-order valence-electron chi connectivity index (χ3n) is 4.93. The van der Waals surface area contributed by atoms with Crippen molar-refractivity contribution in [2.75, 3.05) is 13.1 Å². The van der Waals surface area contributed by atoms with Crippen LogP contribution in [-0.2, 0) is 11.3 Å². The van der Waals surface area contributed by atoms with Crippen molar-refractivity contribution in [3.05, 3.63) is 48.4 Å². The Balaban J connectivity index is 1.60. The van der Waals surface area contributed by atoms with E-state index in [1.807, 2.05) is 29.6 Å². The van der Waals surface area contributed by atoms with E-state index in [1.54, 1.807) is 0 Å². The van der Waals surface area contributed by atoms with Crippen LogP contribution in [0.3, 0.4) is 0 Å². The second-order valence-electron chi connectivity index (χ2n) is 6.61. The van der Waals surface area contributed by atoms with E-state index in [-0.39, 0.29) is 0 Å². The minimum Gasteiger partial charge on any atom is -0.343 e. The van der Waals surface area contributed by atoms with Crippen molar-refractivity contribution in [2.24, 2.45) is 0 Å². The first kappa shape index (κ1) is 15.8. The Bertz CT molecular complexity index is 915. The Kier molecular flexibility index (Phi) is 4.22. The average molecular weight is 334 g/mol. The third-order valence-corrected chi connectivity index (χ3v) is 4.93. The highest BCUT2D eigenvalue weighted by Gasteiger charge is 2.19. The second kappa shape index (κ2) is 6.67. The molecule has 0 bridgehead atoms. The third kappa shape index (κ3) is 3.02. The van der Waals surface area contributed by atoms with E-state index in [9.17, 15) is 4.79 Å². The Morgan fingerprint density at radius 2 is 2.04 bits per heavy atom.